The summed E-state index contributed by atoms with van der Waals surface area (Å²) in [7, 11) is 0. The molecule has 0 radical (unpaired) electrons. The number of aliphatic hydroxyl groups excluding tert-OH is 1. The Labute approximate surface area is 180 Å². The number of aliphatic hydroxyl groups is 1. The monoisotopic (exact) mass is 423 g/mol. The molecule has 0 amide bonds. The molecule has 0 aliphatic carbocycles. The van der Waals surface area contributed by atoms with Crippen LogP contribution in [0.15, 0.2) is 60.0 Å². The summed E-state index contributed by atoms with van der Waals surface area (Å²) in [4.78, 5) is 3.83. The lowest BCUT2D eigenvalue weighted by Crippen LogP contribution is -2.41. The van der Waals surface area contributed by atoms with Crippen LogP contribution in [0.2, 0.25) is 0 Å². The summed E-state index contributed by atoms with van der Waals surface area (Å²) in [6.07, 6.45) is 0.478. The van der Waals surface area contributed by atoms with Crippen LogP contribution in [0.25, 0.3) is 0 Å². The van der Waals surface area contributed by atoms with E-state index in [1.54, 1.807) is 0 Å². The van der Waals surface area contributed by atoms with Gasteiger partial charge in [-0.3, -0.25) is 4.90 Å². The van der Waals surface area contributed by atoms with E-state index in [-0.39, 0.29) is 12.8 Å². The highest BCUT2D eigenvalue weighted by Gasteiger charge is 2.30. The van der Waals surface area contributed by atoms with Crippen LogP contribution in [0.5, 0.6) is 11.5 Å². The Balaban J connectivity index is 1.21. The van der Waals surface area contributed by atoms with Crippen molar-refractivity contribution in [3.63, 3.8) is 0 Å². The second-order valence-electron chi connectivity index (χ2n) is 7.71. The molecule has 0 saturated carbocycles. The van der Waals surface area contributed by atoms with E-state index in [1.807, 2.05) is 35.6 Å². The predicted molar refractivity (Wildman–Crippen MR) is 116 cm³/mol. The van der Waals surface area contributed by atoms with Crippen molar-refractivity contribution in [3.05, 3.63) is 81.5 Å². The number of β-amino-alcohol motifs (C(OH)–C–C–N with tert-alkyl or cyclic N) is 1. The Morgan fingerprint density at radius 1 is 1.10 bits per heavy atom. The van der Waals surface area contributed by atoms with E-state index in [9.17, 15) is 5.11 Å². The van der Waals surface area contributed by atoms with E-state index in [0.717, 1.165) is 30.0 Å². The minimum atomic E-state index is -0.551. The molecule has 1 N–H and O–H groups in total. The number of nitrogens with zero attached hydrogens (tertiary/aromatic N) is 1. The molecule has 0 unspecified atom stereocenters. The van der Waals surface area contributed by atoms with Crippen LogP contribution in [0.3, 0.4) is 0 Å². The average molecular weight is 424 g/mol. The first-order chi connectivity index (χ1) is 14.8. The number of fused-ring (bicyclic) bond motifs is 2. The topological polar surface area (TPSA) is 51.2 Å². The highest BCUT2D eigenvalue weighted by Crippen LogP contribution is 2.37. The molecule has 0 bridgehead atoms. The van der Waals surface area contributed by atoms with Crippen molar-refractivity contribution in [2.24, 2.45) is 0 Å². The van der Waals surface area contributed by atoms with E-state index in [0.29, 0.717) is 19.8 Å². The van der Waals surface area contributed by atoms with Gasteiger partial charge in [0.25, 0.3) is 0 Å². The number of ether oxygens (including phenoxy) is 3. The Kier molecular flexibility index (Phi) is 5.73. The Morgan fingerprint density at radius 3 is 2.87 bits per heavy atom. The van der Waals surface area contributed by atoms with E-state index in [4.69, 9.17) is 14.2 Å². The first-order valence-corrected chi connectivity index (χ1v) is 11.2. The maximum absolute atomic E-state index is 10.7. The van der Waals surface area contributed by atoms with Crippen molar-refractivity contribution in [2.45, 2.75) is 25.2 Å². The molecule has 2 aliphatic rings. The fraction of sp³-hybridized carbons (Fsp3) is 0.333. The molecule has 5 nitrogen and oxygen atoms in total. The highest BCUT2D eigenvalue weighted by atomic mass is 32.1. The van der Waals surface area contributed by atoms with E-state index in [1.165, 1.54) is 16.0 Å². The van der Waals surface area contributed by atoms with Crippen molar-refractivity contribution < 1.29 is 19.3 Å². The van der Waals surface area contributed by atoms with Gasteiger partial charge in [-0.15, -0.1) is 11.3 Å². The average Bonchev–Trinajstić information content (AvgIpc) is 3.43. The fourth-order valence-electron chi connectivity index (χ4n) is 4.26. The molecule has 30 heavy (non-hydrogen) atoms. The summed E-state index contributed by atoms with van der Waals surface area (Å²) < 4.78 is 16.6. The van der Waals surface area contributed by atoms with Crippen LogP contribution in [0.1, 0.15) is 27.6 Å². The lowest BCUT2D eigenvalue weighted by Gasteiger charge is -2.37. The highest BCUT2D eigenvalue weighted by molar-refractivity contribution is 7.10. The maximum Gasteiger partial charge on any atom is 0.231 e. The lowest BCUT2D eigenvalue weighted by molar-refractivity contribution is 0.00391. The second-order valence-corrected chi connectivity index (χ2v) is 8.71. The smallest absolute Gasteiger partial charge is 0.231 e. The van der Waals surface area contributed by atoms with Crippen molar-refractivity contribution in [1.82, 2.24) is 4.90 Å². The SMILES string of the molecule is O[C@H](COCc1ccc2c(c1)OCO2)CN1CCc2sccc2[C@@H]1c1ccccc1. The minimum absolute atomic E-state index is 0.185. The second kappa shape index (κ2) is 8.78. The summed E-state index contributed by atoms with van der Waals surface area (Å²) >= 11 is 1.83. The van der Waals surface area contributed by atoms with Gasteiger partial charge in [0.05, 0.1) is 25.4 Å². The third kappa shape index (κ3) is 4.09. The van der Waals surface area contributed by atoms with E-state index in [2.05, 4.69) is 40.6 Å². The fourth-order valence-corrected chi connectivity index (χ4v) is 5.16. The molecular weight excluding hydrogens is 398 g/mol. The van der Waals surface area contributed by atoms with Gasteiger partial charge in [-0.2, -0.15) is 0 Å². The number of rotatable bonds is 7. The van der Waals surface area contributed by atoms with Gasteiger partial charge in [0, 0.05) is 18.0 Å². The van der Waals surface area contributed by atoms with Crippen molar-refractivity contribution >= 4 is 11.3 Å². The van der Waals surface area contributed by atoms with Gasteiger partial charge in [-0.05, 0) is 46.7 Å². The van der Waals surface area contributed by atoms with Crippen LogP contribution in [-0.2, 0) is 17.8 Å². The number of hydrogen-bond donors (Lipinski definition) is 1. The first kappa shape index (κ1) is 19.6. The molecule has 2 aliphatic heterocycles. The summed E-state index contributed by atoms with van der Waals surface area (Å²) in [6.45, 7) is 2.51. The summed E-state index contributed by atoms with van der Waals surface area (Å²) in [6, 6.07) is 18.8. The zero-order valence-electron chi connectivity index (χ0n) is 16.7. The maximum atomic E-state index is 10.7. The van der Waals surface area contributed by atoms with Gasteiger partial charge >= 0.3 is 0 Å². The Bertz CT molecular complexity index is 990. The van der Waals surface area contributed by atoms with Gasteiger partial charge in [-0.1, -0.05) is 36.4 Å². The van der Waals surface area contributed by atoms with Crippen LogP contribution < -0.4 is 9.47 Å². The molecule has 3 aromatic rings. The summed E-state index contributed by atoms with van der Waals surface area (Å²) in [5.41, 5.74) is 3.64. The molecule has 0 saturated heterocycles. The van der Waals surface area contributed by atoms with Crippen LogP contribution in [0, 0.1) is 0 Å². The third-order valence-electron chi connectivity index (χ3n) is 5.64. The van der Waals surface area contributed by atoms with Crippen molar-refractivity contribution in [3.8, 4) is 11.5 Å². The zero-order valence-corrected chi connectivity index (χ0v) is 17.5. The van der Waals surface area contributed by atoms with E-state index < -0.39 is 6.10 Å². The molecule has 1 aromatic heterocycles. The molecule has 2 atom stereocenters. The molecule has 5 rings (SSSR count). The molecule has 0 spiro atoms. The largest absolute Gasteiger partial charge is 0.454 e. The quantitative estimate of drug-likeness (QED) is 0.623. The molecule has 6 heteroatoms. The third-order valence-corrected chi connectivity index (χ3v) is 6.64. The van der Waals surface area contributed by atoms with E-state index >= 15 is 0 Å². The van der Waals surface area contributed by atoms with Gasteiger partial charge in [0.2, 0.25) is 6.79 Å². The molecule has 0 fully saturated rings. The van der Waals surface area contributed by atoms with Gasteiger partial charge in [0.1, 0.15) is 0 Å². The van der Waals surface area contributed by atoms with Crippen LogP contribution in [-0.4, -0.2) is 42.6 Å². The van der Waals surface area contributed by atoms with Crippen LogP contribution >= 0.6 is 11.3 Å². The van der Waals surface area contributed by atoms with Crippen molar-refractivity contribution in [1.29, 1.82) is 0 Å². The lowest BCUT2D eigenvalue weighted by atomic mass is 9.93. The number of thiophene rings is 1. The zero-order chi connectivity index (χ0) is 20.3. The Morgan fingerprint density at radius 2 is 1.97 bits per heavy atom. The number of hydrogen-bond acceptors (Lipinski definition) is 6. The normalized spacial score (nSPS) is 18.9. The molecule has 2 aromatic carbocycles. The van der Waals surface area contributed by atoms with Crippen molar-refractivity contribution in [2.75, 3.05) is 26.5 Å². The van der Waals surface area contributed by atoms with Gasteiger partial charge < -0.3 is 19.3 Å². The predicted octanol–water partition coefficient (Wildman–Crippen LogP) is 4.00. The number of benzene rings is 2. The summed E-state index contributed by atoms with van der Waals surface area (Å²) in [5, 5.41) is 12.9. The molecule has 3 heterocycles. The Hall–Kier alpha value is -2.38. The minimum Gasteiger partial charge on any atom is -0.454 e. The standard InChI is InChI=1S/C24H25NO4S/c26-19(15-27-14-17-6-7-21-22(12-17)29-16-28-21)13-25-10-8-23-20(9-11-30-23)24(25)18-4-2-1-3-5-18/h1-7,9,11-12,19,24,26H,8,10,13-16H2/t19-,24-/m0/s1. The van der Waals surface area contributed by atoms with Crippen LogP contribution in [0.4, 0.5) is 0 Å². The van der Waals surface area contributed by atoms with Gasteiger partial charge in [-0.25, -0.2) is 0 Å². The molecular formula is C24H25NO4S. The van der Waals surface area contributed by atoms with Gasteiger partial charge in [0.15, 0.2) is 11.5 Å². The molecule has 156 valence electrons. The summed E-state index contributed by atoms with van der Waals surface area (Å²) in [5.74, 6) is 1.52. The first-order valence-electron chi connectivity index (χ1n) is 10.3.